The lowest BCUT2D eigenvalue weighted by Crippen LogP contribution is -2.41. The van der Waals surface area contributed by atoms with E-state index in [0.29, 0.717) is 17.3 Å². The van der Waals surface area contributed by atoms with Crippen molar-refractivity contribution in [3.8, 4) is 5.75 Å². The molecule has 1 aliphatic heterocycles. The summed E-state index contributed by atoms with van der Waals surface area (Å²) in [6, 6.07) is 7.06. The number of rotatable bonds is 10. The largest absolute Gasteiger partial charge is 0.483 e. The standard InChI is InChI=1S/C25H30ClFN6O4.ClH/c1-15(2)32(10-9-29-23(34)14-37-20-7-6-16(27)11-17(20)25(35)36)24-13-21(26)30-22-12-19(31-33(22)24)18-5-3-4-8-28-18;/h6-7,11-13,15,18,28H,3-5,8-10,14H2,1-2H3,(H,29,34)(H,35,36);1H/t18-;/m0./s1. The number of nitrogens with one attached hydrogen (secondary N) is 2. The van der Waals surface area contributed by atoms with Gasteiger partial charge < -0.3 is 25.4 Å². The highest BCUT2D eigenvalue weighted by Crippen LogP contribution is 2.27. The number of carbonyl (C=O) groups is 2. The Labute approximate surface area is 230 Å². The Balaban J connectivity index is 0.00000400. The number of nitrogens with zero attached hydrogens (tertiary/aromatic N) is 4. The zero-order chi connectivity index (χ0) is 26.5. The van der Waals surface area contributed by atoms with E-state index >= 15 is 0 Å². The molecule has 206 valence electrons. The van der Waals surface area contributed by atoms with Crippen molar-refractivity contribution in [3.05, 3.63) is 52.6 Å². The van der Waals surface area contributed by atoms with Gasteiger partial charge in [0.25, 0.3) is 5.91 Å². The van der Waals surface area contributed by atoms with Crippen LogP contribution in [0.15, 0.2) is 30.3 Å². The normalized spacial score (nSPS) is 15.2. The second-order valence-corrected chi connectivity index (χ2v) is 9.54. The monoisotopic (exact) mass is 568 g/mol. The van der Waals surface area contributed by atoms with Gasteiger partial charge in [-0.15, -0.1) is 12.4 Å². The number of piperidine rings is 1. The van der Waals surface area contributed by atoms with Crippen LogP contribution in [0.25, 0.3) is 5.65 Å². The van der Waals surface area contributed by atoms with Crippen LogP contribution in [0.4, 0.5) is 10.2 Å². The minimum absolute atomic E-state index is 0. The molecule has 4 rings (SSSR count). The maximum Gasteiger partial charge on any atom is 0.339 e. The topological polar surface area (TPSA) is 121 Å². The molecule has 1 amide bonds. The van der Waals surface area contributed by atoms with Crippen molar-refractivity contribution in [2.45, 2.75) is 45.2 Å². The van der Waals surface area contributed by atoms with Gasteiger partial charge in [0.15, 0.2) is 12.3 Å². The van der Waals surface area contributed by atoms with Crippen molar-refractivity contribution in [1.82, 2.24) is 25.2 Å². The number of hydrogen-bond donors (Lipinski definition) is 3. The number of hydrogen-bond acceptors (Lipinski definition) is 7. The fraction of sp³-hybridized carbons (Fsp3) is 0.440. The summed E-state index contributed by atoms with van der Waals surface area (Å²) < 4.78 is 20.4. The Hall–Kier alpha value is -3.15. The molecule has 1 saturated heterocycles. The Bertz CT molecular complexity index is 1280. The summed E-state index contributed by atoms with van der Waals surface area (Å²) in [5.74, 6) is -1.80. The van der Waals surface area contributed by atoms with Crippen LogP contribution in [0.3, 0.4) is 0 Å². The third kappa shape index (κ3) is 7.03. The van der Waals surface area contributed by atoms with E-state index in [1.807, 2.05) is 19.9 Å². The van der Waals surface area contributed by atoms with E-state index in [1.54, 1.807) is 10.6 Å². The van der Waals surface area contributed by atoms with E-state index in [9.17, 15) is 19.1 Å². The molecule has 3 heterocycles. The number of aromatic nitrogens is 3. The lowest BCUT2D eigenvalue weighted by atomic mass is 10.0. The molecule has 0 saturated carbocycles. The molecule has 10 nitrogen and oxygen atoms in total. The number of fused-ring (bicyclic) bond motifs is 1. The quantitative estimate of drug-likeness (QED) is 0.315. The number of carboxylic acid groups (broad SMARTS) is 1. The molecule has 0 aliphatic carbocycles. The van der Waals surface area contributed by atoms with Crippen LogP contribution in [-0.2, 0) is 4.79 Å². The van der Waals surface area contributed by atoms with Gasteiger partial charge in [-0.05, 0) is 51.4 Å². The van der Waals surface area contributed by atoms with Crippen molar-refractivity contribution >= 4 is 47.3 Å². The third-order valence-corrected chi connectivity index (χ3v) is 6.38. The van der Waals surface area contributed by atoms with E-state index < -0.39 is 24.3 Å². The average molecular weight is 569 g/mol. The van der Waals surface area contributed by atoms with Crippen LogP contribution in [-0.4, -0.2) is 63.9 Å². The first-order valence-corrected chi connectivity index (χ1v) is 12.6. The number of carboxylic acids is 1. The van der Waals surface area contributed by atoms with Gasteiger partial charge in [-0.2, -0.15) is 9.61 Å². The maximum atomic E-state index is 13.3. The molecule has 1 atom stereocenters. The van der Waals surface area contributed by atoms with Crippen LogP contribution in [0.5, 0.6) is 5.75 Å². The fourth-order valence-electron chi connectivity index (χ4n) is 4.37. The fourth-order valence-corrected chi connectivity index (χ4v) is 4.55. The molecule has 0 spiro atoms. The van der Waals surface area contributed by atoms with Crippen molar-refractivity contribution in [3.63, 3.8) is 0 Å². The molecule has 0 unspecified atom stereocenters. The lowest BCUT2D eigenvalue weighted by molar-refractivity contribution is -0.123. The molecular weight excluding hydrogens is 538 g/mol. The minimum Gasteiger partial charge on any atom is -0.483 e. The number of amides is 1. The Morgan fingerprint density at radius 3 is 2.79 bits per heavy atom. The average Bonchev–Trinajstić information content (AvgIpc) is 3.30. The van der Waals surface area contributed by atoms with Crippen molar-refractivity contribution in [1.29, 1.82) is 0 Å². The highest BCUT2D eigenvalue weighted by molar-refractivity contribution is 6.29. The highest BCUT2D eigenvalue weighted by atomic mass is 35.5. The predicted octanol–water partition coefficient (Wildman–Crippen LogP) is 3.87. The second-order valence-electron chi connectivity index (χ2n) is 9.15. The summed E-state index contributed by atoms with van der Waals surface area (Å²) in [5, 5.41) is 20.7. The predicted molar refractivity (Wildman–Crippen MR) is 144 cm³/mol. The van der Waals surface area contributed by atoms with Gasteiger partial charge in [0.1, 0.15) is 28.1 Å². The van der Waals surface area contributed by atoms with E-state index in [4.69, 9.17) is 21.4 Å². The molecule has 0 bridgehead atoms. The van der Waals surface area contributed by atoms with Gasteiger partial charge in [0.2, 0.25) is 0 Å². The Morgan fingerprint density at radius 2 is 2.11 bits per heavy atom. The van der Waals surface area contributed by atoms with Crippen LogP contribution in [0.1, 0.15) is 55.2 Å². The Kier molecular flexibility index (Phi) is 10.1. The summed E-state index contributed by atoms with van der Waals surface area (Å²) in [4.78, 5) is 30.2. The molecule has 1 fully saturated rings. The number of ether oxygens (including phenoxy) is 1. The first kappa shape index (κ1) is 29.4. The summed E-state index contributed by atoms with van der Waals surface area (Å²) in [7, 11) is 0. The van der Waals surface area contributed by atoms with E-state index in [0.717, 1.165) is 49.5 Å². The van der Waals surface area contributed by atoms with Gasteiger partial charge >= 0.3 is 5.97 Å². The van der Waals surface area contributed by atoms with Gasteiger partial charge in [-0.1, -0.05) is 18.0 Å². The summed E-state index contributed by atoms with van der Waals surface area (Å²) in [6.07, 6.45) is 3.31. The lowest BCUT2D eigenvalue weighted by Gasteiger charge is -2.29. The Morgan fingerprint density at radius 1 is 1.32 bits per heavy atom. The van der Waals surface area contributed by atoms with Crippen molar-refractivity contribution < 1.29 is 23.8 Å². The van der Waals surface area contributed by atoms with Crippen LogP contribution >= 0.6 is 24.0 Å². The summed E-state index contributed by atoms with van der Waals surface area (Å²) in [5.41, 5.74) is 1.23. The van der Waals surface area contributed by atoms with Gasteiger partial charge in [-0.25, -0.2) is 14.2 Å². The number of benzene rings is 1. The smallest absolute Gasteiger partial charge is 0.339 e. The van der Waals surface area contributed by atoms with E-state index in [-0.39, 0.29) is 42.3 Å². The van der Waals surface area contributed by atoms with Gasteiger partial charge in [-0.3, -0.25) is 4.79 Å². The van der Waals surface area contributed by atoms with Crippen LogP contribution in [0, 0.1) is 5.82 Å². The molecular formula is C25H31Cl2FN6O4. The SMILES string of the molecule is CC(C)N(CCNC(=O)COc1ccc(F)cc1C(=O)O)c1cc(Cl)nc2cc([C@@H]3CCCCN3)nn12.Cl. The van der Waals surface area contributed by atoms with E-state index in [2.05, 4.69) is 20.5 Å². The van der Waals surface area contributed by atoms with E-state index in [1.165, 1.54) is 6.07 Å². The molecule has 1 aromatic carbocycles. The number of anilines is 1. The summed E-state index contributed by atoms with van der Waals surface area (Å²) >= 11 is 6.35. The third-order valence-electron chi connectivity index (χ3n) is 6.19. The second kappa shape index (κ2) is 13.1. The van der Waals surface area contributed by atoms with Gasteiger partial charge in [0.05, 0.1) is 11.7 Å². The molecule has 2 aromatic heterocycles. The van der Waals surface area contributed by atoms with Crippen molar-refractivity contribution in [2.24, 2.45) is 0 Å². The van der Waals surface area contributed by atoms with Gasteiger partial charge in [0, 0.05) is 31.3 Å². The molecule has 3 aromatic rings. The zero-order valence-electron chi connectivity index (χ0n) is 21.1. The number of halogens is 3. The first-order chi connectivity index (χ1) is 17.7. The molecule has 1 aliphatic rings. The van der Waals surface area contributed by atoms with Crippen molar-refractivity contribution in [2.75, 3.05) is 31.1 Å². The van der Waals surface area contributed by atoms with Crippen LogP contribution < -0.4 is 20.3 Å². The number of aromatic carboxylic acids is 1. The highest BCUT2D eigenvalue weighted by Gasteiger charge is 2.22. The molecule has 0 radical (unpaired) electrons. The maximum absolute atomic E-state index is 13.3. The number of carbonyl (C=O) groups excluding carboxylic acids is 1. The zero-order valence-corrected chi connectivity index (χ0v) is 22.7. The minimum atomic E-state index is -1.34. The van der Waals surface area contributed by atoms with Crippen LogP contribution in [0.2, 0.25) is 5.15 Å². The molecule has 13 heteroatoms. The summed E-state index contributed by atoms with van der Waals surface area (Å²) in [6.45, 7) is 5.35. The molecule has 3 N–H and O–H groups in total. The molecule has 38 heavy (non-hydrogen) atoms. The first-order valence-electron chi connectivity index (χ1n) is 12.2.